The van der Waals surface area contributed by atoms with E-state index in [4.69, 9.17) is 28.9 Å². The van der Waals surface area contributed by atoms with E-state index in [1.165, 1.54) is 11.1 Å². The van der Waals surface area contributed by atoms with Crippen molar-refractivity contribution in [2.75, 3.05) is 0 Å². The van der Waals surface area contributed by atoms with Crippen LogP contribution in [-0.4, -0.2) is 6.04 Å². The van der Waals surface area contributed by atoms with Gasteiger partial charge in [-0.25, -0.2) is 0 Å². The quantitative estimate of drug-likeness (QED) is 0.739. The molecule has 0 amide bonds. The Morgan fingerprint density at radius 3 is 2.62 bits per heavy atom. The lowest BCUT2D eigenvalue weighted by Crippen LogP contribution is -2.19. The van der Waals surface area contributed by atoms with Crippen molar-refractivity contribution in [2.24, 2.45) is 5.73 Å². The molecule has 0 spiro atoms. The summed E-state index contributed by atoms with van der Waals surface area (Å²) in [6, 6.07) is 3.95. The van der Waals surface area contributed by atoms with Crippen LogP contribution in [0.15, 0.2) is 12.1 Å². The van der Waals surface area contributed by atoms with Crippen molar-refractivity contribution in [3.8, 4) is 0 Å². The smallest absolute Gasteiger partial charge is 0.0456 e. The van der Waals surface area contributed by atoms with Crippen LogP contribution in [0, 0.1) is 0 Å². The summed E-state index contributed by atoms with van der Waals surface area (Å²) >= 11 is 11.9. The highest BCUT2D eigenvalue weighted by Gasteiger charge is 2.20. The largest absolute Gasteiger partial charge is 0.327 e. The zero-order valence-electron chi connectivity index (χ0n) is 6.89. The van der Waals surface area contributed by atoms with Crippen LogP contribution in [0.2, 0.25) is 10.0 Å². The van der Waals surface area contributed by atoms with Crippen molar-refractivity contribution < 1.29 is 0 Å². The SMILES string of the molecule is Cl.NC1Cc2cc(Cl)cc(Cl)c2C1. The zero-order chi connectivity index (χ0) is 8.72. The topological polar surface area (TPSA) is 26.0 Å². The maximum atomic E-state index is 6.00. The fraction of sp³-hybridized carbons (Fsp3) is 0.333. The minimum atomic E-state index is 0. The molecule has 0 aliphatic heterocycles. The summed E-state index contributed by atoms with van der Waals surface area (Å²) in [5.41, 5.74) is 8.19. The summed E-state index contributed by atoms with van der Waals surface area (Å²) in [6.45, 7) is 0. The van der Waals surface area contributed by atoms with Crippen molar-refractivity contribution in [3.63, 3.8) is 0 Å². The maximum absolute atomic E-state index is 6.00. The van der Waals surface area contributed by atoms with Crippen LogP contribution in [0.4, 0.5) is 0 Å². The summed E-state index contributed by atoms with van der Waals surface area (Å²) < 4.78 is 0. The Hall–Kier alpha value is 0.0500. The lowest BCUT2D eigenvalue weighted by Gasteiger charge is -2.01. The van der Waals surface area contributed by atoms with Crippen molar-refractivity contribution in [1.29, 1.82) is 0 Å². The van der Waals surface area contributed by atoms with Gasteiger partial charge in [0.25, 0.3) is 0 Å². The lowest BCUT2D eigenvalue weighted by molar-refractivity contribution is 0.721. The first-order chi connectivity index (χ1) is 5.66. The van der Waals surface area contributed by atoms with E-state index >= 15 is 0 Å². The maximum Gasteiger partial charge on any atom is 0.0456 e. The molecule has 2 rings (SSSR count). The molecule has 2 N–H and O–H groups in total. The molecule has 1 aliphatic carbocycles. The third kappa shape index (κ3) is 2.10. The highest BCUT2D eigenvalue weighted by Crippen LogP contribution is 2.31. The second kappa shape index (κ2) is 4.05. The number of hydrogen-bond donors (Lipinski definition) is 1. The van der Waals surface area contributed by atoms with Gasteiger partial charge in [-0.15, -0.1) is 12.4 Å². The average Bonchev–Trinajstić information content (AvgIpc) is 2.29. The molecule has 0 bridgehead atoms. The number of nitrogens with two attached hydrogens (primary N) is 1. The highest BCUT2D eigenvalue weighted by atomic mass is 35.5. The fourth-order valence-electron chi connectivity index (χ4n) is 1.68. The van der Waals surface area contributed by atoms with Crippen LogP contribution in [0.3, 0.4) is 0 Å². The van der Waals surface area contributed by atoms with Crippen molar-refractivity contribution >= 4 is 35.6 Å². The van der Waals surface area contributed by atoms with Gasteiger partial charge in [0, 0.05) is 16.1 Å². The minimum Gasteiger partial charge on any atom is -0.327 e. The Morgan fingerprint density at radius 2 is 1.92 bits per heavy atom. The third-order valence-corrected chi connectivity index (χ3v) is 2.76. The van der Waals surface area contributed by atoms with E-state index in [2.05, 4.69) is 0 Å². The predicted molar refractivity (Wildman–Crippen MR) is 59.1 cm³/mol. The van der Waals surface area contributed by atoms with Crippen LogP contribution >= 0.6 is 35.6 Å². The van der Waals surface area contributed by atoms with E-state index in [0.717, 1.165) is 17.9 Å². The molecule has 13 heavy (non-hydrogen) atoms. The molecule has 1 aromatic rings. The number of halogens is 3. The third-order valence-electron chi connectivity index (χ3n) is 2.20. The van der Waals surface area contributed by atoms with Gasteiger partial charge in [0.2, 0.25) is 0 Å². The van der Waals surface area contributed by atoms with Crippen LogP contribution in [-0.2, 0) is 12.8 Å². The van der Waals surface area contributed by atoms with E-state index < -0.39 is 0 Å². The van der Waals surface area contributed by atoms with Gasteiger partial charge in [-0.3, -0.25) is 0 Å². The molecule has 1 aromatic carbocycles. The van der Waals surface area contributed by atoms with Crippen LogP contribution < -0.4 is 5.73 Å². The number of rotatable bonds is 0. The second-order valence-electron chi connectivity index (χ2n) is 3.19. The average molecular weight is 239 g/mol. The molecule has 0 fully saturated rings. The number of benzene rings is 1. The Bertz CT molecular complexity index is 325. The zero-order valence-corrected chi connectivity index (χ0v) is 9.22. The van der Waals surface area contributed by atoms with Gasteiger partial charge in [0.05, 0.1) is 0 Å². The monoisotopic (exact) mass is 237 g/mol. The number of fused-ring (bicyclic) bond motifs is 1. The van der Waals surface area contributed by atoms with E-state index in [1.807, 2.05) is 6.07 Å². The summed E-state index contributed by atoms with van der Waals surface area (Å²) in [5, 5.41) is 1.46. The highest BCUT2D eigenvalue weighted by molar-refractivity contribution is 6.35. The van der Waals surface area contributed by atoms with Gasteiger partial charge in [-0.2, -0.15) is 0 Å². The molecule has 72 valence electrons. The molecule has 1 aliphatic rings. The van der Waals surface area contributed by atoms with E-state index in [9.17, 15) is 0 Å². The van der Waals surface area contributed by atoms with Gasteiger partial charge in [0.15, 0.2) is 0 Å². The van der Waals surface area contributed by atoms with Crippen molar-refractivity contribution in [1.82, 2.24) is 0 Å². The van der Waals surface area contributed by atoms with Gasteiger partial charge in [0.1, 0.15) is 0 Å². The Labute approximate surface area is 93.6 Å². The van der Waals surface area contributed by atoms with Crippen LogP contribution in [0.25, 0.3) is 0 Å². The first-order valence-corrected chi connectivity index (χ1v) is 4.65. The van der Waals surface area contributed by atoms with Gasteiger partial charge in [-0.1, -0.05) is 23.2 Å². The molecular weight excluding hydrogens is 228 g/mol. The summed E-state index contributed by atoms with van der Waals surface area (Å²) in [5.74, 6) is 0. The molecule has 1 nitrogen and oxygen atoms in total. The van der Waals surface area contributed by atoms with Crippen LogP contribution in [0.1, 0.15) is 11.1 Å². The molecule has 1 unspecified atom stereocenters. The Balaban J connectivity index is 0.000000845. The molecule has 0 radical (unpaired) electrons. The van der Waals surface area contributed by atoms with E-state index in [0.29, 0.717) is 5.02 Å². The molecule has 0 saturated heterocycles. The van der Waals surface area contributed by atoms with Gasteiger partial charge >= 0.3 is 0 Å². The fourth-order valence-corrected chi connectivity index (χ4v) is 2.30. The molecule has 0 saturated carbocycles. The standard InChI is InChI=1S/C9H9Cl2N.ClH/c10-6-1-5-2-7(12)4-8(5)9(11)3-6;/h1,3,7H,2,4,12H2;1H. The van der Waals surface area contributed by atoms with E-state index in [-0.39, 0.29) is 18.4 Å². The summed E-state index contributed by atoms with van der Waals surface area (Å²) in [4.78, 5) is 0. The first kappa shape index (κ1) is 11.1. The molecule has 4 heteroatoms. The lowest BCUT2D eigenvalue weighted by atomic mass is 10.1. The molecular formula is C9H10Cl3N. The van der Waals surface area contributed by atoms with Crippen molar-refractivity contribution in [3.05, 3.63) is 33.3 Å². The Kier molecular flexibility index (Phi) is 3.47. The second-order valence-corrected chi connectivity index (χ2v) is 4.04. The van der Waals surface area contributed by atoms with Gasteiger partial charge < -0.3 is 5.73 Å². The summed E-state index contributed by atoms with van der Waals surface area (Å²) in [7, 11) is 0. The van der Waals surface area contributed by atoms with Crippen LogP contribution in [0.5, 0.6) is 0 Å². The van der Waals surface area contributed by atoms with Crippen molar-refractivity contribution in [2.45, 2.75) is 18.9 Å². The molecule has 0 heterocycles. The Morgan fingerprint density at radius 1 is 1.23 bits per heavy atom. The predicted octanol–water partition coefficient (Wildman–Crippen LogP) is 2.84. The first-order valence-electron chi connectivity index (χ1n) is 3.89. The number of hydrogen-bond acceptors (Lipinski definition) is 1. The minimum absolute atomic E-state index is 0. The normalized spacial score (nSPS) is 19.5. The van der Waals surface area contributed by atoms with E-state index in [1.54, 1.807) is 6.07 Å². The molecule has 0 aromatic heterocycles. The molecule has 1 atom stereocenters. The van der Waals surface area contributed by atoms with Gasteiger partial charge in [-0.05, 0) is 36.1 Å². The summed E-state index contributed by atoms with van der Waals surface area (Å²) in [6.07, 6.45) is 1.78.